The molecule has 1 aromatic rings. The molecule has 3 rings (SSSR count). The van der Waals surface area contributed by atoms with E-state index in [4.69, 9.17) is 4.84 Å². The monoisotopic (exact) mass is 355 g/mol. The number of hydroxylamine groups is 2. The molecular weight excluding hydrogens is 318 g/mol. The van der Waals surface area contributed by atoms with Gasteiger partial charge in [0, 0.05) is 0 Å². The van der Waals surface area contributed by atoms with Crippen molar-refractivity contribution in [2.24, 2.45) is 0 Å². The van der Waals surface area contributed by atoms with E-state index >= 15 is 0 Å². The van der Waals surface area contributed by atoms with E-state index in [1.165, 1.54) is 69.8 Å². The normalized spacial score (nSPS) is 30.2. The maximum absolute atomic E-state index is 6.64. The molecule has 26 heavy (non-hydrogen) atoms. The van der Waals surface area contributed by atoms with Gasteiger partial charge in [0.15, 0.2) is 0 Å². The van der Waals surface area contributed by atoms with Crippen molar-refractivity contribution in [1.82, 2.24) is 5.06 Å². The van der Waals surface area contributed by atoms with Crippen molar-refractivity contribution in [3.8, 4) is 0 Å². The van der Waals surface area contributed by atoms with Crippen molar-refractivity contribution < 1.29 is 4.84 Å². The van der Waals surface area contributed by atoms with E-state index in [0.29, 0.717) is 12.1 Å². The van der Waals surface area contributed by atoms with E-state index in [-0.39, 0.29) is 5.54 Å². The molecule has 2 aliphatic rings. The first-order valence-corrected chi connectivity index (χ1v) is 10.9. The third-order valence-corrected chi connectivity index (χ3v) is 6.32. The number of fused-ring (bicyclic) bond motifs is 1. The Bertz CT molecular complexity index is 581. The molecule has 0 N–H and O–H groups in total. The van der Waals surface area contributed by atoms with Crippen LogP contribution in [0.15, 0.2) is 42.0 Å². The van der Waals surface area contributed by atoms with Gasteiger partial charge in [-0.2, -0.15) is 5.06 Å². The van der Waals surface area contributed by atoms with Gasteiger partial charge >= 0.3 is 0 Å². The molecule has 0 unspecified atom stereocenters. The summed E-state index contributed by atoms with van der Waals surface area (Å²) in [5.41, 5.74) is 2.98. The molecule has 2 fully saturated rings. The summed E-state index contributed by atoms with van der Waals surface area (Å²) < 4.78 is 0. The predicted octanol–water partition coefficient (Wildman–Crippen LogP) is 6.77. The third kappa shape index (κ3) is 4.07. The minimum absolute atomic E-state index is 0.00788. The number of unbranched alkanes of at least 4 members (excludes halogenated alkanes) is 5. The number of hydrogen-bond acceptors (Lipinski definition) is 2. The van der Waals surface area contributed by atoms with Gasteiger partial charge in [-0.1, -0.05) is 82.4 Å². The minimum atomic E-state index is 0.00788. The highest BCUT2D eigenvalue weighted by atomic mass is 16.7. The zero-order valence-electron chi connectivity index (χ0n) is 17.0. The summed E-state index contributed by atoms with van der Waals surface area (Å²) in [7, 11) is 0. The molecule has 0 bridgehead atoms. The molecule has 0 radical (unpaired) electrons. The maximum Gasteiger partial charge on any atom is 0.102 e. The van der Waals surface area contributed by atoms with Gasteiger partial charge in [0.05, 0.1) is 11.6 Å². The van der Waals surface area contributed by atoms with Gasteiger partial charge in [-0.15, -0.1) is 0 Å². The van der Waals surface area contributed by atoms with Crippen LogP contribution in [0.4, 0.5) is 0 Å². The summed E-state index contributed by atoms with van der Waals surface area (Å²) in [4.78, 5) is 6.64. The van der Waals surface area contributed by atoms with Crippen molar-refractivity contribution in [3.05, 3.63) is 47.5 Å². The van der Waals surface area contributed by atoms with Crippen molar-refractivity contribution in [3.63, 3.8) is 0 Å². The molecule has 144 valence electrons. The lowest BCUT2D eigenvalue weighted by Gasteiger charge is -2.34. The quantitative estimate of drug-likeness (QED) is 0.358. The van der Waals surface area contributed by atoms with Crippen LogP contribution < -0.4 is 0 Å². The molecular formula is C24H37NO. The second-order valence-electron chi connectivity index (χ2n) is 8.31. The summed E-state index contributed by atoms with van der Waals surface area (Å²) in [6.07, 6.45) is 15.4. The fourth-order valence-electron chi connectivity index (χ4n) is 4.69. The highest BCUT2D eigenvalue weighted by molar-refractivity contribution is 5.30. The molecule has 2 nitrogen and oxygen atoms in total. The van der Waals surface area contributed by atoms with Gasteiger partial charge in [0.1, 0.15) is 6.10 Å². The molecule has 2 aliphatic heterocycles. The Kier molecular flexibility index (Phi) is 6.94. The number of hydrogen-bond donors (Lipinski definition) is 0. The van der Waals surface area contributed by atoms with Crippen LogP contribution in [-0.4, -0.2) is 17.2 Å². The van der Waals surface area contributed by atoms with E-state index < -0.39 is 0 Å². The summed E-state index contributed by atoms with van der Waals surface area (Å²) in [5.74, 6) is 0. The average Bonchev–Trinajstić information content (AvgIpc) is 3.18. The Morgan fingerprint density at radius 1 is 1.08 bits per heavy atom. The van der Waals surface area contributed by atoms with Gasteiger partial charge in [-0.05, 0) is 50.2 Å². The highest BCUT2D eigenvalue weighted by Gasteiger charge is 2.52. The Morgan fingerprint density at radius 3 is 2.54 bits per heavy atom. The fraction of sp³-hybridized carbons (Fsp3) is 0.667. The van der Waals surface area contributed by atoms with Crippen molar-refractivity contribution in [1.29, 1.82) is 0 Å². The second kappa shape index (κ2) is 9.19. The number of rotatable bonds is 9. The summed E-state index contributed by atoms with van der Waals surface area (Å²) in [6, 6.07) is 11.4. The molecule has 0 aromatic heterocycles. The molecule has 3 atom stereocenters. The number of nitrogens with zero attached hydrogens (tertiary/aromatic N) is 1. The lowest BCUT2D eigenvalue weighted by atomic mass is 9.90. The van der Waals surface area contributed by atoms with Crippen LogP contribution in [0.3, 0.4) is 0 Å². The molecule has 2 saturated heterocycles. The zero-order valence-corrected chi connectivity index (χ0v) is 17.0. The maximum atomic E-state index is 6.64. The van der Waals surface area contributed by atoms with Crippen LogP contribution in [0.1, 0.15) is 90.5 Å². The van der Waals surface area contributed by atoms with E-state index in [0.717, 1.165) is 0 Å². The van der Waals surface area contributed by atoms with Crippen LogP contribution in [-0.2, 0) is 10.4 Å². The van der Waals surface area contributed by atoms with E-state index in [1.54, 1.807) is 5.57 Å². The molecule has 0 spiro atoms. The van der Waals surface area contributed by atoms with E-state index in [9.17, 15) is 0 Å². The Morgan fingerprint density at radius 2 is 1.81 bits per heavy atom. The molecule has 1 aromatic carbocycles. The van der Waals surface area contributed by atoms with Gasteiger partial charge in [0.2, 0.25) is 0 Å². The molecule has 2 heteroatoms. The largest absolute Gasteiger partial charge is 0.290 e. The first-order chi connectivity index (χ1) is 12.7. The summed E-state index contributed by atoms with van der Waals surface area (Å²) in [5, 5.41) is 2.37. The molecule has 0 aliphatic carbocycles. The zero-order chi connectivity index (χ0) is 18.4. The summed E-state index contributed by atoms with van der Waals surface area (Å²) in [6.45, 7) is 6.93. The third-order valence-electron chi connectivity index (χ3n) is 6.32. The minimum Gasteiger partial charge on any atom is -0.290 e. The molecule has 2 heterocycles. The van der Waals surface area contributed by atoms with Gasteiger partial charge in [-0.25, -0.2) is 0 Å². The smallest absolute Gasteiger partial charge is 0.102 e. The number of allylic oxidation sites excluding steroid dienone is 1. The Balaban J connectivity index is 1.77. The Labute approximate surface area is 160 Å². The van der Waals surface area contributed by atoms with Crippen LogP contribution in [0.5, 0.6) is 0 Å². The van der Waals surface area contributed by atoms with E-state index in [2.05, 4.69) is 62.2 Å². The van der Waals surface area contributed by atoms with Crippen molar-refractivity contribution in [2.45, 2.75) is 103 Å². The van der Waals surface area contributed by atoms with Crippen LogP contribution in [0.25, 0.3) is 0 Å². The fourth-order valence-corrected chi connectivity index (χ4v) is 4.69. The van der Waals surface area contributed by atoms with Gasteiger partial charge in [0.25, 0.3) is 0 Å². The topological polar surface area (TPSA) is 12.5 Å². The van der Waals surface area contributed by atoms with Crippen LogP contribution in [0.2, 0.25) is 0 Å². The molecule has 0 saturated carbocycles. The second-order valence-corrected chi connectivity index (χ2v) is 8.31. The highest BCUT2D eigenvalue weighted by Crippen LogP contribution is 2.49. The lowest BCUT2D eigenvalue weighted by Crippen LogP contribution is -2.39. The van der Waals surface area contributed by atoms with Gasteiger partial charge in [-0.3, -0.25) is 4.84 Å². The first kappa shape index (κ1) is 19.6. The van der Waals surface area contributed by atoms with Crippen molar-refractivity contribution >= 4 is 0 Å². The lowest BCUT2D eigenvalue weighted by molar-refractivity contribution is -0.206. The standard InChI is InChI=1S/C24H37NO/c1-4-6-8-13-16-21-22-18-19-24(3,20-14-11-9-12-15-20)25(22)26-23(21)17-10-7-5-2/h9,11-12,14-16,22-23H,4-8,10,13,17-19H2,1-3H3/b21-16-/t22-,23-,24-/m1/s1. The Hall–Kier alpha value is -1.12. The predicted molar refractivity (Wildman–Crippen MR) is 110 cm³/mol. The molecule has 0 amide bonds. The van der Waals surface area contributed by atoms with Crippen LogP contribution >= 0.6 is 0 Å². The average molecular weight is 356 g/mol. The summed E-state index contributed by atoms with van der Waals surface area (Å²) >= 11 is 0. The first-order valence-electron chi connectivity index (χ1n) is 10.9. The SMILES string of the molecule is CCCCC/C=C1/[C@H]2CC[C@](C)(c3ccccc3)N2O[C@@H]1CCCCC. The number of benzene rings is 1. The van der Waals surface area contributed by atoms with Gasteiger partial charge < -0.3 is 0 Å². The van der Waals surface area contributed by atoms with E-state index in [1.807, 2.05) is 0 Å². The van der Waals surface area contributed by atoms with Crippen LogP contribution in [0, 0.1) is 0 Å². The van der Waals surface area contributed by atoms with Crippen molar-refractivity contribution in [2.75, 3.05) is 0 Å².